The Morgan fingerprint density at radius 1 is 1.13 bits per heavy atom. The topological polar surface area (TPSA) is 139 Å². The van der Waals surface area contributed by atoms with E-state index < -0.39 is 33.6 Å². The zero-order valence-electron chi connectivity index (χ0n) is 21.4. The lowest BCUT2D eigenvalue weighted by Gasteiger charge is -2.46. The maximum absolute atomic E-state index is 12.5. The number of ether oxygens (including phenoxy) is 1. The lowest BCUT2D eigenvalue weighted by atomic mass is 9.75. The van der Waals surface area contributed by atoms with Gasteiger partial charge in [0.05, 0.1) is 6.26 Å². The van der Waals surface area contributed by atoms with Crippen molar-refractivity contribution in [3.05, 3.63) is 93.9 Å². The fourth-order valence-electron chi connectivity index (χ4n) is 4.57. The molecule has 200 valence electrons. The molecule has 1 unspecified atom stereocenters. The second kappa shape index (κ2) is 9.72. The van der Waals surface area contributed by atoms with E-state index in [-0.39, 0.29) is 18.8 Å². The molecule has 1 aromatic carbocycles. The highest BCUT2D eigenvalue weighted by atomic mass is 32.2. The molecule has 0 saturated carbocycles. The molecule has 0 spiro atoms. The maximum atomic E-state index is 12.5. The van der Waals surface area contributed by atoms with E-state index >= 15 is 0 Å². The van der Waals surface area contributed by atoms with Crippen LogP contribution in [0.5, 0.6) is 0 Å². The molecule has 5 rings (SSSR count). The largest absolute Gasteiger partial charge is 0.481 e. The number of rotatable bonds is 6. The summed E-state index contributed by atoms with van der Waals surface area (Å²) in [5.41, 5.74) is 2.93. The number of carbonyl (C=O) groups is 2. The highest BCUT2D eigenvalue weighted by molar-refractivity contribution is 7.88. The summed E-state index contributed by atoms with van der Waals surface area (Å²) in [7, 11) is -3.46. The Morgan fingerprint density at radius 3 is 2.46 bits per heavy atom. The zero-order chi connectivity index (χ0) is 27.9. The highest BCUT2D eigenvalue weighted by Gasteiger charge is 2.55. The number of aliphatic carboxylic acids is 1. The van der Waals surface area contributed by atoms with Gasteiger partial charge in [-0.25, -0.2) is 13.2 Å². The van der Waals surface area contributed by atoms with Crippen molar-refractivity contribution in [1.29, 1.82) is 0 Å². The molecule has 1 saturated heterocycles. The van der Waals surface area contributed by atoms with Crippen LogP contribution in [-0.2, 0) is 19.6 Å². The van der Waals surface area contributed by atoms with Gasteiger partial charge in [-0.1, -0.05) is 41.4 Å². The minimum atomic E-state index is -3.46. The van der Waals surface area contributed by atoms with Crippen molar-refractivity contribution in [3.8, 4) is 11.8 Å². The van der Waals surface area contributed by atoms with E-state index in [1.54, 1.807) is 26.0 Å². The summed E-state index contributed by atoms with van der Waals surface area (Å²) in [6.45, 7) is 3.21. The molecule has 3 aliphatic rings. The second-order valence-electron chi connectivity index (χ2n) is 9.61. The number of carbonyl (C=O) groups excluding carboxylic acids is 1. The van der Waals surface area contributed by atoms with Gasteiger partial charge in [-0.3, -0.25) is 10.1 Å². The van der Waals surface area contributed by atoms with Crippen LogP contribution in [0, 0.1) is 24.2 Å². The number of nitrogens with zero attached hydrogens (tertiary/aromatic N) is 2. The van der Waals surface area contributed by atoms with Gasteiger partial charge in [0.1, 0.15) is 17.2 Å². The van der Waals surface area contributed by atoms with Crippen LogP contribution in [0.3, 0.4) is 0 Å². The molecule has 39 heavy (non-hydrogen) atoms. The Bertz CT molecular complexity index is 1660. The summed E-state index contributed by atoms with van der Waals surface area (Å²) in [5, 5.41) is 16.4. The Balaban J connectivity index is 1.27. The van der Waals surface area contributed by atoms with Gasteiger partial charge in [-0.15, -0.1) is 0 Å². The molecule has 1 amide bonds. The summed E-state index contributed by atoms with van der Waals surface area (Å²) in [4.78, 5) is 24.5. The number of sulfonamides is 1. The SMILES string of the molecule is Cc1onc(C#CC2=CC3=CC(C4(C(=O)O)CN(S(C)(=O)=O)C4)=CC3=C2)c1NC(=O)OC(C)c1ccccc1. The van der Waals surface area contributed by atoms with Gasteiger partial charge in [0.15, 0.2) is 11.5 Å². The molecule has 2 aromatic rings. The molecule has 1 fully saturated rings. The van der Waals surface area contributed by atoms with Gasteiger partial charge in [0.25, 0.3) is 0 Å². The first kappa shape index (κ1) is 26.2. The molecular formula is C28H25N3O7S. The van der Waals surface area contributed by atoms with Crippen molar-refractivity contribution in [2.24, 2.45) is 5.41 Å². The van der Waals surface area contributed by atoms with Crippen molar-refractivity contribution in [2.45, 2.75) is 20.0 Å². The lowest BCUT2D eigenvalue weighted by molar-refractivity contribution is -0.152. The quantitative estimate of drug-likeness (QED) is 0.522. The summed E-state index contributed by atoms with van der Waals surface area (Å²) < 4.78 is 35.4. The van der Waals surface area contributed by atoms with E-state index in [1.165, 1.54) is 0 Å². The van der Waals surface area contributed by atoms with Crippen LogP contribution in [0.2, 0.25) is 0 Å². The zero-order valence-corrected chi connectivity index (χ0v) is 22.2. The number of carboxylic acids is 1. The molecule has 2 aliphatic carbocycles. The van der Waals surface area contributed by atoms with E-state index in [9.17, 15) is 23.1 Å². The monoisotopic (exact) mass is 547 g/mol. The van der Waals surface area contributed by atoms with Crippen molar-refractivity contribution in [2.75, 3.05) is 24.7 Å². The number of allylic oxidation sites excluding steroid dienone is 7. The third kappa shape index (κ3) is 5.04. The predicted molar refractivity (Wildman–Crippen MR) is 142 cm³/mol. The Kier molecular flexibility index (Phi) is 6.54. The maximum Gasteiger partial charge on any atom is 0.412 e. The summed E-state index contributed by atoms with van der Waals surface area (Å²) in [6.07, 6.45) is 7.07. The van der Waals surface area contributed by atoms with E-state index in [1.807, 2.05) is 42.5 Å². The van der Waals surface area contributed by atoms with Crippen LogP contribution in [0.15, 0.2) is 81.5 Å². The van der Waals surface area contributed by atoms with Crippen molar-refractivity contribution >= 4 is 27.8 Å². The van der Waals surface area contributed by atoms with E-state index in [0.717, 1.165) is 27.3 Å². The number of fused-ring (bicyclic) bond motifs is 1. The molecule has 11 heteroatoms. The van der Waals surface area contributed by atoms with Crippen LogP contribution < -0.4 is 5.32 Å². The molecular weight excluding hydrogens is 522 g/mol. The van der Waals surface area contributed by atoms with Gasteiger partial charge in [0.2, 0.25) is 10.0 Å². The molecule has 10 nitrogen and oxygen atoms in total. The summed E-state index contributed by atoms with van der Waals surface area (Å²) >= 11 is 0. The Hall–Kier alpha value is -4.40. The van der Waals surface area contributed by atoms with E-state index in [2.05, 4.69) is 22.3 Å². The van der Waals surface area contributed by atoms with Crippen molar-refractivity contribution < 1.29 is 32.4 Å². The third-order valence-corrected chi connectivity index (χ3v) is 8.06. The molecule has 1 aromatic heterocycles. The van der Waals surface area contributed by atoms with Crippen molar-refractivity contribution in [1.82, 2.24) is 9.46 Å². The molecule has 1 aliphatic heterocycles. The average molecular weight is 548 g/mol. The Labute approximate surface area is 225 Å². The highest BCUT2D eigenvalue weighted by Crippen LogP contribution is 2.45. The lowest BCUT2D eigenvalue weighted by Crippen LogP contribution is -2.62. The fraction of sp³-hybridized carbons (Fsp3) is 0.250. The summed E-state index contributed by atoms with van der Waals surface area (Å²) in [6, 6.07) is 9.34. The molecule has 2 N–H and O–H groups in total. The first-order chi connectivity index (χ1) is 18.5. The normalized spacial score (nSPS) is 18.3. The number of anilines is 1. The van der Waals surface area contributed by atoms with Crippen LogP contribution in [0.1, 0.15) is 30.0 Å². The fourth-order valence-corrected chi connectivity index (χ4v) is 5.48. The third-order valence-electron chi connectivity index (χ3n) is 6.87. The van der Waals surface area contributed by atoms with Crippen LogP contribution in [-0.4, -0.2) is 54.4 Å². The molecule has 1 atom stereocenters. The van der Waals surface area contributed by atoms with Gasteiger partial charge in [-0.2, -0.15) is 4.31 Å². The number of hydrogen-bond acceptors (Lipinski definition) is 7. The molecule has 0 bridgehead atoms. The van der Waals surface area contributed by atoms with Gasteiger partial charge in [0, 0.05) is 18.7 Å². The minimum absolute atomic E-state index is 0.103. The number of benzene rings is 1. The summed E-state index contributed by atoms with van der Waals surface area (Å²) in [5.74, 6) is 5.21. The van der Waals surface area contributed by atoms with Gasteiger partial charge >= 0.3 is 12.1 Å². The Morgan fingerprint density at radius 2 is 1.82 bits per heavy atom. The van der Waals surface area contributed by atoms with E-state index in [4.69, 9.17) is 9.26 Å². The first-order valence-corrected chi connectivity index (χ1v) is 13.9. The van der Waals surface area contributed by atoms with Crippen LogP contribution in [0.25, 0.3) is 0 Å². The smallest absolute Gasteiger partial charge is 0.412 e. The average Bonchev–Trinajstić information content (AvgIpc) is 3.50. The van der Waals surface area contributed by atoms with Crippen LogP contribution >= 0.6 is 0 Å². The van der Waals surface area contributed by atoms with Gasteiger partial charge < -0.3 is 14.4 Å². The minimum Gasteiger partial charge on any atom is -0.481 e. The predicted octanol–water partition coefficient (Wildman–Crippen LogP) is 3.72. The number of amides is 1. The number of carboxylic acid groups (broad SMARTS) is 1. The number of aryl methyl sites for hydroxylation is 1. The first-order valence-electron chi connectivity index (χ1n) is 12.0. The number of aromatic nitrogens is 1. The van der Waals surface area contributed by atoms with Crippen molar-refractivity contribution in [3.63, 3.8) is 0 Å². The van der Waals surface area contributed by atoms with Crippen LogP contribution in [0.4, 0.5) is 10.5 Å². The molecule has 0 radical (unpaired) electrons. The van der Waals surface area contributed by atoms with E-state index in [0.29, 0.717) is 22.6 Å². The standard InChI is InChI=1S/C28H25N3O7S/c1-17(20-7-5-4-6-8-20)37-27(34)29-25-18(2)38-30-24(25)10-9-19-11-21-13-23(14-22(21)12-19)28(26(32)33)15-31(16-28)39(3,35)36/h4-8,11-14,17H,15-16H2,1-3H3,(H,29,34)(H,32,33). The molecule has 2 heterocycles. The van der Waals surface area contributed by atoms with Gasteiger partial charge in [-0.05, 0) is 66.4 Å². The number of nitrogens with one attached hydrogen (secondary N) is 1. The second-order valence-corrected chi connectivity index (χ2v) is 11.6. The number of hydrogen-bond donors (Lipinski definition) is 2.